The molecule has 0 amide bonds. The van der Waals surface area contributed by atoms with E-state index in [2.05, 4.69) is 11.2 Å². The highest BCUT2D eigenvalue weighted by Crippen LogP contribution is 2.15. The van der Waals surface area contributed by atoms with Crippen LogP contribution in [0.25, 0.3) is 0 Å². The van der Waals surface area contributed by atoms with E-state index < -0.39 is 45.4 Å². The lowest BCUT2D eigenvalue weighted by molar-refractivity contribution is -0.170. The van der Waals surface area contributed by atoms with Gasteiger partial charge in [-0.2, -0.15) is 4.21 Å². The molecule has 0 unspecified atom stereocenters. The first-order valence-electron chi connectivity index (χ1n) is 3.87. The molecule has 0 fully saturated rings. The molecule has 0 aliphatic carbocycles. The highest BCUT2D eigenvalue weighted by Gasteiger charge is 2.40. The van der Waals surface area contributed by atoms with Crippen molar-refractivity contribution in [1.82, 2.24) is 6.15 Å². The van der Waals surface area contributed by atoms with E-state index in [4.69, 9.17) is 33.7 Å². The highest BCUT2D eigenvalue weighted by atomic mass is 32.9. The Kier molecular flexibility index (Phi) is 10.4. The van der Waals surface area contributed by atoms with Crippen LogP contribution < -0.4 is 6.15 Å². The van der Waals surface area contributed by atoms with Gasteiger partial charge in [-0.3, -0.25) is 18.7 Å². The van der Waals surface area contributed by atoms with Gasteiger partial charge in [0.15, 0.2) is 5.60 Å². The molecule has 11 nitrogen and oxygen atoms in total. The van der Waals surface area contributed by atoms with Gasteiger partial charge in [0, 0.05) is 11.2 Å². The Bertz CT molecular complexity index is 405. The van der Waals surface area contributed by atoms with Gasteiger partial charge < -0.3 is 26.6 Å². The Morgan fingerprint density at radius 2 is 1.21 bits per heavy atom. The predicted molar refractivity (Wildman–Crippen MR) is 62.9 cm³/mol. The van der Waals surface area contributed by atoms with E-state index in [9.17, 15) is 14.4 Å². The second-order valence-electron chi connectivity index (χ2n) is 2.93. The first-order valence-corrected chi connectivity index (χ1v) is 6.27. The number of rotatable bonds is 5. The standard InChI is InChI=1S/C6H8O7.H3N.H2O3S2/c7-3(8)1-6(13,5(11)12)2-4(9)10;;1-5(2,3)4/h13H,1-2H2,(H,7,8)(H,9,10)(H,11,12);1H3;(H2,1,2,3,4). The third-order valence-corrected chi connectivity index (χ3v) is 1.29. The lowest BCUT2D eigenvalue weighted by Gasteiger charge is -2.18. The average Bonchev–Trinajstić information content (AvgIpc) is 1.95. The third-order valence-electron chi connectivity index (χ3n) is 1.29. The minimum Gasteiger partial charge on any atom is -0.481 e. The molecule has 0 bridgehead atoms. The lowest BCUT2D eigenvalue weighted by atomic mass is 9.96. The Morgan fingerprint density at radius 1 is 1.00 bits per heavy atom. The molecule has 0 aromatic heterocycles. The number of carboxylic acid groups (broad SMARTS) is 3. The molecule has 0 rings (SSSR count). The minimum absolute atomic E-state index is 0. The molecule has 0 aliphatic heterocycles. The Labute approximate surface area is 111 Å². The van der Waals surface area contributed by atoms with E-state index in [0.29, 0.717) is 0 Å². The SMILES string of the molecule is N.O=C(O)CC(O)(CC(=O)O)C(=O)O.O=S(O)(O)=S. The second kappa shape index (κ2) is 8.68. The van der Waals surface area contributed by atoms with Crippen molar-refractivity contribution in [3.8, 4) is 0 Å². The molecule has 0 atom stereocenters. The van der Waals surface area contributed by atoms with Crippen LogP contribution in [0.5, 0.6) is 0 Å². The molecular formula is C6H13NO10S2. The zero-order chi connectivity index (χ0) is 15.1. The summed E-state index contributed by atoms with van der Waals surface area (Å²) in [5.41, 5.74) is -2.74. The quantitative estimate of drug-likeness (QED) is 0.310. The van der Waals surface area contributed by atoms with Gasteiger partial charge in [0.2, 0.25) is 0 Å². The summed E-state index contributed by atoms with van der Waals surface area (Å²) in [5.74, 6) is -5.02. The fourth-order valence-corrected chi connectivity index (χ4v) is 0.714. The van der Waals surface area contributed by atoms with Crippen LogP contribution in [-0.2, 0) is 34.6 Å². The fourth-order valence-electron chi connectivity index (χ4n) is 0.714. The van der Waals surface area contributed by atoms with E-state index in [0.717, 1.165) is 0 Å². The van der Waals surface area contributed by atoms with Crippen molar-refractivity contribution < 1.29 is 48.1 Å². The maximum absolute atomic E-state index is 10.3. The van der Waals surface area contributed by atoms with E-state index in [1.54, 1.807) is 0 Å². The van der Waals surface area contributed by atoms with Gasteiger partial charge in [0.25, 0.3) is 9.05 Å². The van der Waals surface area contributed by atoms with Crippen LogP contribution in [0.3, 0.4) is 0 Å². The zero-order valence-electron chi connectivity index (χ0n) is 9.25. The number of aliphatic carboxylic acids is 3. The monoisotopic (exact) mass is 323 g/mol. The Hall–Kier alpha value is -1.38. The van der Waals surface area contributed by atoms with Crippen LogP contribution in [-0.4, -0.2) is 57.2 Å². The summed E-state index contributed by atoms with van der Waals surface area (Å²) in [7, 11) is -3.83. The van der Waals surface area contributed by atoms with Crippen LogP contribution in [0.15, 0.2) is 0 Å². The summed E-state index contributed by atoms with van der Waals surface area (Å²) in [4.78, 5) is 30.5. The normalized spacial score (nSPS) is 10.5. The molecule has 0 heterocycles. The van der Waals surface area contributed by atoms with Gasteiger partial charge in [-0.15, -0.1) is 0 Å². The summed E-state index contributed by atoms with van der Waals surface area (Å²) in [6, 6.07) is 0. The number of aliphatic hydroxyl groups is 1. The summed E-state index contributed by atoms with van der Waals surface area (Å²) >= 11 is 3.47. The first-order chi connectivity index (χ1) is 7.78. The van der Waals surface area contributed by atoms with Crippen molar-refractivity contribution >= 4 is 38.1 Å². The van der Waals surface area contributed by atoms with Crippen molar-refractivity contribution in [3.05, 3.63) is 0 Å². The predicted octanol–water partition coefficient (Wildman–Crippen LogP) is -1.41. The lowest BCUT2D eigenvalue weighted by Crippen LogP contribution is -2.42. The maximum Gasteiger partial charge on any atom is 0.336 e. The van der Waals surface area contributed by atoms with Crippen molar-refractivity contribution in [2.45, 2.75) is 18.4 Å². The number of hydrogen-bond acceptors (Lipinski definition) is 7. The fraction of sp³-hybridized carbons (Fsp3) is 0.500. The van der Waals surface area contributed by atoms with Crippen molar-refractivity contribution in [2.75, 3.05) is 0 Å². The van der Waals surface area contributed by atoms with Crippen molar-refractivity contribution in [1.29, 1.82) is 0 Å². The molecule has 9 N–H and O–H groups in total. The molecule has 0 aliphatic rings. The molecule has 0 spiro atoms. The number of carboxylic acids is 3. The summed E-state index contributed by atoms with van der Waals surface area (Å²) in [6.07, 6.45) is -2.29. The Balaban J connectivity index is -0.000000366. The molecule has 0 saturated carbocycles. The van der Waals surface area contributed by atoms with Gasteiger partial charge in [0.05, 0.1) is 12.8 Å². The molecule has 19 heavy (non-hydrogen) atoms. The largest absolute Gasteiger partial charge is 0.481 e. The summed E-state index contributed by atoms with van der Waals surface area (Å²) < 4.78 is 24.0. The van der Waals surface area contributed by atoms with Crippen LogP contribution >= 0.6 is 0 Å². The minimum atomic E-state index is -3.83. The van der Waals surface area contributed by atoms with Crippen LogP contribution in [0.2, 0.25) is 0 Å². The molecule has 0 aromatic carbocycles. The van der Waals surface area contributed by atoms with Gasteiger partial charge in [-0.05, 0) is 0 Å². The maximum atomic E-state index is 10.3. The van der Waals surface area contributed by atoms with E-state index in [1.165, 1.54) is 0 Å². The zero-order valence-corrected chi connectivity index (χ0v) is 10.9. The van der Waals surface area contributed by atoms with E-state index in [1.807, 2.05) is 0 Å². The molecule has 0 radical (unpaired) electrons. The van der Waals surface area contributed by atoms with Crippen molar-refractivity contribution in [2.24, 2.45) is 0 Å². The third kappa shape index (κ3) is 16.6. The second-order valence-corrected chi connectivity index (χ2v) is 5.12. The van der Waals surface area contributed by atoms with Gasteiger partial charge >= 0.3 is 17.9 Å². The van der Waals surface area contributed by atoms with Crippen LogP contribution in [0.4, 0.5) is 0 Å². The smallest absolute Gasteiger partial charge is 0.336 e. The van der Waals surface area contributed by atoms with Crippen LogP contribution in [0.1, 0.15) is 12.8 Å². The molecule has 0 aromatic rings. The number of hydrogen-bond donors (Lipinski definition) is 7. The summed E-state index contributed by atoms with van der Waals surface area (Å²) in [6.45, 7) is 0. The van der Waals surface area contributed by atoms with Gasteiger partial charge in [-0.25, -0.2) is 4.79 Å². The Morgan fingerprint density at radius 3 is 1.32 bits per heavy atom. The summed E-state index contributed by atoms with van der Waals surface area (Å²) in [5, 5.41) is 33.8. The van der Waals surface area contributed by atoms with E-state index >= 15 is 0 Å². The molecule has 114 valence electrons. The topological polar surface area (TPSA) is 225 Å². The molecular weight excluding hydrogens is 310 g/mol. The number of carbonyl (C=O) groups is 3. The average molecular weight is 323 g/mol. The van der Waals surface area contributed by atoms with Crippen LogP contribution in [0, 0.1) is 0 Å². The first kappa shape index (κ1) is 22.8. The highest BCUT2D eigenvalue weighted by molar-refractivity contribution is 8.26. The van der Waals surface area contributed by atoms with Crippen molar-refractivity contribution in [3.63, 3.8) is 0 Å². The molecule has 13 heteroatoms. The van der Waals surface area contributed by atoms with Gasteiger partial charge in [0.1, 0.15) is 0 Å². The van der Waals surface area contributed by atoms with E-state index in [-0.39, 0.29) is 6.15 Å². The van der Waals surface area contributed by atoms with Gasteiger partial charge in [-0.1, -0.05) is 0 Å². The molecule has 0 saturated heterocycles.